The Balaban J connectivity index is 1.12. The molecule has 21 nitrogen and oxygen atoms in total. The Morgan fingerprint density at radius 2 is 1.62 bits per heavy atom. The van der Waals surface area contributed by atoms with Crippen LogP contribution in [0.25, 0.3) is 11.6 Å². The number of fused-ring (bicyclic) bond motifs is 1. The van der Waals surface area contributed by atoms with Crippen molar-refractivity contribution < 1.29 is 62.0 Å². The lowest BCUT2D eigenvalue weighted by atomic mass is 10.0. The number of carbonyl (C=O) groups excluding carboxylic acids is 7. The Bertz CT molecular complexity index is 2380. The standard InChI is InChI=1S/C47H64N8O13S/c1-11-53(12-2)18-17-48-43(60)40-27(3)37(49-28(40)4)24-35-34-23-32(13-14-36(34)50-42(35)59)67-39(58)16-15-38(57)65-29(5)45(61)66-30(6)46(62)68-33(25-55(31(7)56)47(8,9)10)26-64-44-41(51-69-52-44)54-19-21-63-22-20-54/h13-14,23-24,29-30,33,49H,11-12,15-22,25-26H2,1-10H3,(H,48,60)(H,50,59)/b35-24-/t29?,30?,33-/m0/s1. The highest BCUT2D eigenvalue weighted by Crippen LogP contribution is 2.37. The van der Waals surface area contributed by atoms with Crippen LogP contribution in [0, 0.1) is 13.8 Å². The second-order valence-electron chi connectivity index (χ2n) is 17.5. The van der Waals surface area contributed by atoms with Crippen LogP contribution >= 0.6 is 11.7 Å². The van der Waals surface area contributed by atoms with Gasteiger partial charge in [0, 0.05) is 61.3 Å². The molecule has 0 spiro atoms. The van der Waals surface area contributed by atoms with E-state index in [4.69, 9.17) is 28.4 Å². The molecule has 4 heterocycles. The van der Waals surface area contributed by atoms with Gasteiger partial charge in [-0.05, 0) is 91.4 Å². The highest BCUT2D eigenvalue weighted by molar-refractivity contribution is 6.99. The molecule has 3 amide bonds. The van der Waals surface area contributed by atoms with Gasteiger partial charge in [-0.2, -0.15) is 4.37 Å². The number of likely N-dealkylation sites (N-methyl/N-ethyl adjacent to an activating group) is 1. The molecule has 0 radical (unpaired) electrons. The van der Waals surface area contributed by atoms with Crippen molar-refractivity contribution in [1.82, 2.24) is 28.8 Å². The first-order valence-corrected chi connectivity index (χ1v) is 23.7. The molecule has 3 aromatic rings. The number of esters is 4. The third kappa shape index (κ3) is 14.6. The lowest BCUT2D eigenvalue weighted by molar-refractivity contribution is -0.180. The lowest BCUT2D eigenvalue weighted by Gasteiger charge is -2.37. The number of hydrogen-bond donors (Lipinski definition) is 3. The summed E-state index contributed by atoms with van der Waals surface area (Å²) in [6.07, 6.45) is -3.17. The number of morpholine rings is 1. The molecule has 69 heavy (non-hydrogen) atoms. The summed E-state index contributed by atoms with van der Waals surface area (Å²) < 4.78 is 41.8. The number of anilines is 2. The Hall–Kier alpha value is -6.39. The zero-order valence-electron chi connectivity index (χ0n) is 41.0. The van der Waals surface area contributed by atoms with Crippen molar-refractivity contribution in [2.24, 2.45) is 0 Å². The van der Waals surface area contributed by atoms with Gasteiger partial charge in [0.2, 0.25) is 11.7 Å². The number of rotatable bonds is 22. The van der Waals surface area contributed by atoms with Crippen LogP contribution in [0.15, 0.2) is 18.2 Å². The van der Waals surface area contributed by atoms with Crippen molar-refractivity contribution in [3.05, 3.63) is 46.3 Å². The highest BCUT2D eigenvalue weighted by atomic mass is 32.1. The van der Waals surface area contributed by atoms with E-state index in [1.54, 1.807) is 26.0 Å². The number of aromatic nitrogens is 3. The fourth-order valence-electron chi connectivity index (χ4n) is 7.61. The summed E-state index contributed by atoms with van der Waals surface area (Å²) in [5.74, 6) is -3.70. The summed E-state index contributed by atoms with van der Waals surface area (Å²) in [4.78, 5) is 99.7. The Kier molecular flexibility index (Phi) is 18.8. The first-order chi connectivity index (χ1) is 32.7. The van der Waals surface area contributed by atoms with E-state index >= 15 is 0 Å². The molecule has 22 heteroatoms. The highest BCUT2D eigenvalue weighted by Gasteiger charge is 2.33. The smallest absolute Gasteiger partial charge is 0.347 e. The third-order valence-corrected chi connectivity index (χ3v) is 11.9. The number of carbonyl (C=O) groups is 7. The molecule has 2 aromatic heterocycles. The molecule has 2 aliphatic rings. The maximum Gasteiger partial charge on any atom is 0.347 e. The Morgan fingerprint density at radius 1 is 0.957 bits per heavy atom. The van der Waals surface area contributed by atoms with Crippen LogP contribution < -0.4 is 25.0 Å². The minimum atomic E-state index is -1.46. The SMILES string of the molecule is CCN(CC)CCNC(=O)c1c(C)[nH]c(/C=C2\C(=O)Nc3ccc(OC(=O)CCC(=O)OC(C)C(=O)OC(C)C(=O)O[C@H](COc4nsnc4N4CCOCC4)CN(C(C)=O)C(C)(C)C)cc32)c1C. The van der Waals surface area contributed by atoms with Gasteiger partial charge in [-0.15, -0.1) is 4.37 Å². The summed E-state index contributed by atoms with van der Waals surface area (Å²) in [6.45, 7) is 22.0. The summed E-state index contributed by atoms with van der Waals surface area (Å²) in [5.41, 5.74) is 2.97. The molecule has 1 aromatic carbocycles. The largest absolute Gasteiger partial charge is 0.470 e. The van der Waals surface area contributed by atoms with Crippen molar-refractivity contribution in [2.75, 3.05) is 75.9 Å². The molecular weight excluding hydrogens is 917 g/mol. The fraction of sp³-hybridized carbons (Fsp3) is 0.553. The summed E-state index contributed by atoms with van der Waals surface area (Å²) in [7, 11) is 0. The van der Waals surface area contributed by atoms with Gasteiger partial charge in [0.1, 0.15) is 12.4 Å². The molecule has 3 N–H and O–H groups in total. The number of aromatic amines is 1. The first kappa shape index (κ1) is 53.6. The van der Waals surface area contributed by atoms with Crippen LogP contribution in [0.5, 0.6) is 11.6 Å². The number of amides is 3. The van der Waals surface area contributed by atoms with E-state index < -0.39 is 60.6 Å². The summed E-state index contributed by atoms with van der Waals surface area (Å²) in [6, 6.07) is 4.60. The molecule has 1 fully saturated rings. The van der Waals surface area contributed by atoms with Crippen LogP contribution in [0.2, 0.25) is 0 Å². The van der Waals surface area contributed by atoms with Crippen molar-refractivity contribution in [1.29, 1.82) is 0 Å². The van der Waals surface area contributed by atoms with Gasteiger partial charge in [-0.3, -0.25) is 24.0 Å². The van der Waals surface area contributed by atoms with Gasteiger partial charge in [0.15, 0.2) is 18.3 Å². The minimum Gasteiger partial charge on any atom is -0.470 e. The second kappa shape index (κ2) is 24.2. The number of nitrogens with one attached hydrogen (secondary N) is 3. The van der Waals surface area contributed by atoms with Crippen LogP contribution in [0.1, 0.15) is 101 Å². The summed E-state index contributed by atoms with van der Waals surface area (Å²) >= 11 is 0.960. The summed E-state index contributed by atoms with van der Waals surface area (Å²) in [5, 5.41) is 5.77. The number of H-pyrrole nitrogens is 1. The number of aryl methyl sites for hydroxylation is 1. The molecule has 0 bridgehead atoms. The fourth-order valence-corrected chi connectivity index (χ4v) is 8.13. The van der Waals surface area contributed by atoms with Crippen LogP contribution in [0.3, 0.4) is 0 Å². The average Bonchev–Trinajstić information content (AvgIpc) is 3.98. The zero-order valence-corrected chi connectivity index (χ0v) is 41.8. The van der Waals surface area contributed by atoms with Crippen LogP contribution in [-0.2, 0) is 47.7 Å². The van der Waals surface area contributed by atoms with Crippen LogP contribution in [-0.4, -0.2) is 155 Å². The van der Waals surface area contributed by atoms with E-state index in [-0.39, 0.29) is 48.1 Å². The molecule has 5 rings (SSSR count). The predicted octanol–water partition coefficient (Wildman–Crippen LogP) is 4.07. The number of ether oxygens (including phenoxy) is 6. The quantitative estimate of drug-likeness (QED) is 0.0555. The maximum atomic E-state index is 13.3. The predicted molar refractivity (Wildman–Crippen MR) is 255 cm³/mol. The van der Waals surface area contributed by atoms with Crippen molar-refractivity contribution in [3.63, 3.8) is 0 Å². The van der Waals surface area contributed by atoms with Gasteiger partial charge in [0.25, 0.3) is 17.7 Å². The first-order valence-electron chi connectivity index (χ1n) is 22.9. The third-order valence-electron chi connectivity index (χ3n) is 11.4. The topological polar surface area (TPSA) is 250 Å². The molecular formula is C47H64N8O13S. The molecule has 3 atom stereocenters. The molecule has 2 aliphatic heterocycles. The van der Waals surface area contributed by atoms with Gasteiger partial charge < -0.3 is 58.7 Å². The van der Waals surface area contributed by atoms with E-state index in [1.165, 1.54) is 37.8 Å². The molecule has 0 saturated carbocycles. The number of hydrogen-bond acceptors (Lipinski definition) is 18. The van der Waals surface area contributed by atoms with Crippen molar-refractivity contribution >= 4 is 76.5 Å². The van der Waals surface area contributed by atoms with Gasteiger partial charge in [-0.1, -0.05) is 13.8 Å². The van der Waals surface area contributed by atoms with E-state index in [2.05, 4.69) is 43.1 Å². The van der Waals surface area contributed by atoms with E-state index in [9.17, 15) is 33.6 Å². The molecule has 376 valence electrons. The Labute approximate surface area is 405 Å². The minimum absolute atomic E-state index is 0.0533. The monoisotopic (exact) mass is 980 g/mol. The van der Waals surface area contributed by atoms with Crippen LogP contribution in [0.4, 0.5) is 11.5 Å². The zero-order chi connectivity index (χ0) is 50.6. The maximum absolute atomic E-state index is 13.3. The average molecular weight is 981 g/mol. The molecule has 2 unspecified atom stereocenters. The van der Waals surface area contributed by atoms with Gasteiger partial charge in [0.05, 0.1) is 55.5 Å². The second-order valence-corrected chi connectivity index (χ2v) is 18.0. The molecule has 1 saturated heterocycles. The van der Waals surface area contributed by atoms with Crippen molar-refractivity contribution in [2.45, 2.75) is 106 Å². The van der Waals surface area contributed by atoms with Gasteiger partial charge >= 0.3 is 23.9 Å². The van der Waals surface area contributed by atoms with E-state index in [0.29, 0.717) is 72.4 Å². The van der Waals surface area contributed by atoms with Crippen molar-refractivity contribution in [3.8, 4) is 11.6 Å². The van der Waals surface area contributed by atoms with Gasteiger partial charge in [-0.25, -0.2) is 9.59 Å². The lowest BCUT2D eigenvalue weighted by Crippen LogP contribution is -2.50. The normalized spacial score (nSPS) is 15.4. The van der Waals surface area contributed by atoms with E-state index in [0.717, 1.165) is 31.4 Å². The van der Waals surface area contributed by atoms with E-state index in [1.807, 2.05) is 25.7 Å². The molecule has 0 aliphatic carbocycles. The number of benzene rings is 1. The number of nitrogens with zero attached hydrogens (tertiary/aromatic N) is 5. The Morgan fingerprint density at radius 3 is 2.29 bits per heavy atom.